The highest BCUT2D eigenvalue weighted by atomic mass is 32.1. The van der Waals surface area contributed by atoms with Crippen molar-refractivity contribution in [3.8, 4) is 11.1 Å². The number of fused-ring (bicyclic) bond motifs is 2. The van der Waals surface area contributed by atoms with Gasteiger partial charge in [-0.15, -0.1) is 11.3 Å². The van der Waals surface area contributed by atoms with Crippen molar-refractivity contribution in [2.45, 2.75) is 71.4 Å². The van der Waals surface area contributed by atoms with Crippen LogP contribution in [0.1, 0.15) is 70.6 Å². The molecule has 210 valence electrons. The standard InChI is InChI=1S/C30H28F2N6O2S/c1-15-28(16(2)40-36-15)18-11-24-29(33-14-18)38(20-8-10-23-26(13-20)41-17(3)34-23)30(35-24)25-5-4-6-27(39)37(25)19-7-9-21(31)22(32)12-19/h7,9,11-12,14,20,25H,4-6,8,10,13H2,1-3H3/t20-,25-/m0/s1. The summed E-state index contributed by atoms with van der Waals surface area (Å²) >= 11 is 1.72. The second kappa shape index (κ2) is 9.83. The minimum atomic E-state index is -0.987. The van der Waals surface area contributed by atoms with E-state index in [9.17, 15) is 13.6 Å². The molecule has 8 nitrogen and oxygen atoms in total. The molecule has 0 bridgehead atoms. The van der Waals surface area contributed by atoms with Gasteiger partial charge in [-0.2, -0.15) is 0 Å². The Morgan fingerprint density at radius 1 is 1.05 bits per heavy atom. The van der Waals surface area contributed by atoms with Gasteiger partial charge in [0.2, 0.25) is 5.91 Å². The zero-order chi connectivity index (χ0) is 28.4. The smallest absolute Gasteiger partial charge is 0.227 e. The summed E-state index contributed by atoms with van der Waals surface area (Å²) < 4.78 is 35.8. The summed E-state index contributed by atoms with van der Waals surface area (Å²) in [6.45, 7) is 5.79. The molecule has 0 spiro atoms. The van der Waals surface area contributed by atoms with Crippen LogP contribution in [0.4, 0.5) is 14.5 Å². The molecule has 11 heteroatoms. The Labute approximate surface area is 239 Å². The molecule has 41 heavy (non-hydrogen) atoms. The minimum absolute atomic E-state index is 0.0589. The van der Waals surface area contributed by atoms with Gasteiger partial charge in [0.25, 0.3) is 0 Å². The lowest BCUT2D eigenvalue weighted by atomic mass is 9.95. The molecule has 5 heterocycles. The maximum atomic E-state index is 14.4. The number of carbonyl (C=O) groups excluding carboxylic acids is 1. The molecule has 2 aliphatic rings. The summed E-state index contributed by atoms with van der Waals surface area (Å²) in [6.07, 6.45) is 5.96. The molecule has 0 radical (unpaired) electrons. The number of anilines is 1. The molecule has 1 aromatic carbocycles. The number of piperidine rings is 1. The topological polar surface area (TPSA) is 89.9 Å². The summed E-state index contributed by atoms with van der Waals surface area (Å²) in [7, 11) is 0. The van der Waals surface area contributed by atoms with Gasteiger partial charge in [0.05, 0.1) is 22.4 Å². The van der Waals surface area contributed by atoms with Gasteiger partial charge in [0.1, 0.15) is 17.1 Å². The summed E-state index contributed by atoms with van der Waals surface area (Å²) in [5.74, 6) is -0.670. The van der Waals surface area contributed by atoms with Crippen LogP contribution < -0.4 is 4.90 Å². The molecule has 5 aromatic rings. The van der Waals surface area contributed by atoms with Gasteiger partial charge in [-0.25, -0.2) is 23.7 Å². The molecular weight excluding hydrogens is 546 g/mol. The fraction of sp³-hybridized carbons (Fsp3) is 0.367. The number of hydrogen-bond donors (Lipinski definition) is 0. The number of aryl methyl sites for hydroxylation is 4. The monoisotopic (exact) mass is 574 g/mol. The lowest BCUT2D eigenvalue weighted by molar-refractivity contribution is -0.120. The fourth-order valence-corrected chi connectivity index (χ4v) is 7.46. The third-order valence-corrected chi connectivity index (χ3v) is 9.23. The van der Waals surface area contributed by atoms with E-state index in [1.165, 1.54) is 10.9 Å². The first-order valence-corrected chi connectivity index (χ1v) is 14.6. The van der Waals surface area contributed by atoms with E-state index in [4.69, 9.17) is 19.5 Å². The first-order valence-electron chi connectivity index (χ1n) is 13.8. The van der Waals surface area contributed by atoms with Crippen LogP contribution in [-0.2, 0) is 17.6 Å². The molecule has 1 saturated heterocycles. The number of benzene rings is 1. The predicted molar refractivity (Wildman–Crippen MR) is 151 cm³/mol. The van der Waals surface area contributed by atoms with E-state index in [2.05, 4.69) is 9.72 Å². The molecule has 0 N–H and O–H groups in total. The number of thiazole rings is 1. The summed E-state index contributed by atoms with van der Waals surface area (Å²) in [5.41, 5.74) is 5.41. The SMILES string of the molecule is Cc1nc2c(s1)C[C@@H](n1c([C@@H]3CCCC(=O)N3c3ccc(F)c(F)c3)nc3cc(-c4c(C)noc4C)cnc31)CC2. The van der Waals surface area contributed by atoms with E-state index in [0.717, 1.165) is 64.6 Å². The maximum Gasteiger partial charge on any atom is 0.227 e. The Kier molecular flexibility index (Phi) is 6.22. The highest BCUT2D eigenvalue weighted by Crippen LogP contribution is 2.41. The van der Waals surface area contributed by atoms with Crippen molar-refractivity contribution in [3.05, 3.63) is 75.0 Å². The van der Waals surface area contributed by atoms with Gasteiger partial charge in [0, 0.05) is 52.8 Å². The minimum Gasteiger partial charge on any atom is -0.361 e. The van der Waals surface area contributed by atoms with Crippen molar-refractivity contribution in [1.29, 1.82) is 0 Å². The van der Waals surface area contributed by atoms with E-state index in [1.54, 1.807) is 16.2 Å². The number of hydrogen-bond acceptors (Lipinski definition) is 7. The molecule has 1 aliphatic heterocycles. The molecule has 4 aromatic heterocycles. The van der Waals surface area contributed by atoms with Crippen molar-refractivity contribution in [2.75, 3.05) is 4.90 Å². The van der Waals surface area contributed by atoms with Crippen LogP contribution in [-0.4, -0.2) is 30.6 Å². The largest absolute Gasteiger partial charge is 0.361 e. The number of rotatable bonds is 4. The highest BCUT2D eigenvalue weighted by molar-refractivity contribution is 7.11. The lowest BCUT2D eigenvalue weighted by Crippen LogP contribution is -2.40. The Morgan fingerprint density at radius 2 is 1.90 bits per heavy atom. The van der Waals surface area contributed by atoms with Crippen LogP contribution in [0, 0.1) is 32.4 Å². The third-order valence-electron chi connectivity index (χ3n) is 8.19. The number of amides is 1. The Hall–Kier alpha value is -3.99. The van der Waals surface area contributed by atoms with Crippen molar-refractivity contribution < 1.29 is 18.1 Å². The van der Waals surface area contributed by atoms with Gasteiger partial charge < -0.3 is 14.0 Å². The van der Waals surface area contributed by atoms with Crippen molar-refractivity contribution in [2.24, 2.45) is 0 Å². The fourth-order valence-electron chi connectivity index (χ4n) is 6.41. The molecule has 1 aliphatic carbocycles. The summed E-state index contributed by atoms with van der Waals surface area (Å²) in [5, 5.41) is 5.15. The van der Waals surface area contributed by atoms with Crippen LogP contribution in [0.15, 0.2) is 35.0 Å². The Bertz CT molecular complexity index is 1810. The van der Waals surface area contributed by atoms with E-state index < -0.39 is 17.7 Å². The first kappa shape index (κ1) is 25.9. The normalized spacial score (nSPS) is 19.2. The second-order valence-electron chi connectivity index (χ2n) is 10.9. The second-order valence-corrected chi connectivity index (χ2v) is 12.2. The lowest BCUT2D eigenvalue weighted by Gasteiger charge is -2.36. The van der Waals surface area contributed by atoms with E-state index in [1.807, 2.05) is 33.0 Å². The van der Waals surface area contributed by atoms with Crippen LogP contribution in [0.5, 0.6) is 0 Å². The van der Waals surface area contributed by atoms with Gasteiger partial charge in [0.15, 0.2) is 17.3 Å². The number of carbonyl (C=O) groups is 1. The molecule has 0 saturated carbocycles. The first-order chi connectivity index (χ1) is 19.8. The maximum absolute atomic E-state index is 14.4. The zero-order valence-electron chi connectivity index (χ0n) is 22.9. The molecule has 1 fully saturated rings. The average molecular weight is 575 g/mol. The van der Waals surface area contributed by atoms with Gasteiger partial charge in [-0.3, -0.25) is 4.79 Å². The summed E-state index contributed by atoms with van der Waals surface area (Å²) in [6, 6.07) is 5.22. The number of halogens is 2. The average Bonchev–Trinajstić information content (AvgIpc) is 3.62. The number of imidazole rings is 1. The zero-order valence-corrected chi connectivity index (χ0v) is 23.8. The van der Waals surface area contributed by atoms with Crippen LogP contribution in [0.2, 0.25) is 0 Å². The summed E-state index contributed by atoms with van der Waals surface area (Å²) in [4.78, 5) is 31.0. The molecule has 1 amide bonds. The van der Waals surface area contributed by atoms with Crippen LogP contribution >= 0.6 is 11.3 Å². The van der Waals surface area contributed by atoms with E-state index in [-0.39, 0.29) is 11.9 Å². The highest BCUT2D eigenvalue weighted by Gasteiger charge is 2.37. The van der Waals surface area contributed by atoms with E-state index >= 15 is 0 Å². The Balaban J connectivity index is 1.40. The molecule has 2 atom stereocenters. The number of aromatic nitrogens is 5. The van der Waals surface area contributed by atoms with Crippen molar-refractivity contribution in [3.63, 3.8) is 0 Å². The van der Waals surface area contributed by atoms with Crippen LogP contribution in [0.3, 0.4) is 0 Å². The van der Waals surface area contributed by atoms with Crippen molar-refractivity contribution >= 4 is 34.1 Å². The molecule has 7 rings (SSSR count). The third kappa shape index (κ3) is 4.34. The Morgan fingerprint density at radius 3 is 2.68 bits per heavy atom. The van der Waals surface area contributed by atoms with Gasteiger partial charge >= 0.3 is 0 Å². The number of nitrogens with zero attached hydrogens (tertiary/aromatic N) is 6. The van der Waals surface area contributed by atoms with Crippen molar-refractivity contribution in [1.82, 2.24) is 24.7 Å². The van der Waals surface area contributed by atoms with Gasteiger partial charge in [-0.1, -0.05) is 5.16 Å². The quantitative estimate of drug-likeness (QED) is 0.236. The molecular formula is C30H28F2N6O2S. The number of pyridine rings is 1. The van der Waals surface area contributed by atoms with E-state index in [0.29, 0.717) is 42.1 Å². The predicted octanol–water partition coefficient (Wildman–Crippen LogP) is 6.73. The molecule has 0 unspecified atom stereocenters. The van der Waals surface area contributed by atoms with Gasteiger partial charge in [-0.05, 0) is 64.7 Å². The van der Waals surface area contributed by atoms with Crippen LogP contribution in [0.25, 0.3) is 22.3 Å².